The number of para-hydroxylation sites is 1. The van der Waals surface area contributed by atoms with Crippen LogP contribution in [-0.4, -0.2) is 57.0 Å². The van der Waals surface area contributed by atoms with Gasteiger partial charge in [-0.15, -0.1) is 0 Å². The van der Waals surface area contributed by atoms with Gasteiger partial charge < -0.3 is 25.4 Å². The number of aromatic nitrogens is 2. The lowest BCUT2D eigenvalue weighted by atomic mass is 9.87. The molecule has 5 rings (SSSR count). The van der Waals surface area contributed by atoms with Crippen molar-refractivity contribution in [2.24, 2.45) is 5.92 Å². The second-order valence-corrected chi connectivity index (χ2v) is 13.1. The Hall–Kier alpha value is -3.63. The minimum absolute atomic E-state index is 0.0828. The van der Waals surface area contributed by atoms with Gasteiger partial charge in [0.05, 0.1) is 17.9 Å². The molecular weight excluding hydrogens is 562 g/mol. The Morgan fingerprint density at radius 3 is 2.70 bits per heavy atom. The number of rotatable bonds is 11. The van der Waals surface area contributed by atoms with Gasteiger partial charge in [-0.3, -0.25) is 9.59 Å². The first-order valence-electron chi connectivity index (χ1n) is 15.7. The fourth-order valence-electron chi connectivity index (χ4n) is 6.41. The van der Waals surface area contributed by atoms with Crippen molar-refractivity contribution >= 4 is 17.6 Å². The van der Waals surface area contributed by atoms with Gasteiger partial charge in [-0.05, 0) is 81.2 Å². The van der Waals surface area contributed by atoms with E-state index in [9.17, 15) is 18.4 Å². The fraction of sp³-hybridized carbons (Fsp3) is 0.500. The minimum atomic E-state index is -0.552. The molecule has 8 nitrogen and oxygen atoms in total. The molecule has 0 saturated carbocycles. The van der Waals surface area contributed by atoms with E-state index in [1.165, 1.54) is 6.07 Å². The van der Waals surface area contributed by atoms with Gasteiger partial charge in [0.15, 0.2) is 5.82 Å². The van der Waals surface area contributed by atoms with Crippen LogP contribution in [0.25, 0.3) is 5.69 Å². The van der Waals surface area contributed by atoms with Crippen LogP contribution in [0.3, 0.4) is 0 Å². The molecule has 1 aromatic heterocycles. The molecule has 0 radical (unpaired) electrons. The lowest BCUT2D eigenvalue weighted by Gasteiger charge is -2.32. The molecule has 2 heterocycles. The number of fused-ring (bicyclic) bond motifs is 1. The SMILES string of the molecule is CCCC(N[C@H]1CCc2cc(F)cc(F)c2C1)C(=O)Nc1cn(-c2ccccc2CNCC2CC(=O)N(C(C)(C)C)C2)cn1. The number of nitrogens with zero attached hydrogens (tertiary/aromatic N) is 3. The number of carbonyl (C=O) groups is 2. The van der Waals surface area contributed by atoms with Crippen molar-refractivity contribution in [2.45, 2.75) is 90.4 Å². The zero-order valence-electron chi connectivity index (χ0n) is 26.1. The molecule has 1 fully saturated rings. The van der Waals surface area contributed by atoms with Crippen LogP contribution in [-0.2, 0) is 29.0 Å². The third-order valence-corrected chi connectivity index (χ3v) is 8.66. The fourth-order valence-corrected chi connectivity index (χ4v) is 6.41. The first-order chi connectivity index (χ1) is 21.0. The second kappa shape index (κ2) is 13.6. The van der Waals surface area contributed by atoms with E-state index >= 15 is 0 Å². The topological polar surface area (TPSA) is 91.3 Å². The number of carbonyl (C=O) groups excluding carboxylic acids is 2. The van der Waals surface area contributed by atoms with E-state index in [1.54, 1.807) is 12.5 Å². The van der Waals surface area contributed by atoms with E-state index < -0.39 is 17.7 Å². The summed E-state index contributed by atoms with van der Waals surface area (Å²) in [5, 5.41) is 9.92. The van der Waals surface area contributed by atoms with Crippen LogP contribution in [0.2, 0.25) is 0 Å². The number of nitrogens with one attached hydrogen (secondary N) is 3. The third-order valence-electron chi connectivity index (χ3n) is 8.66. The van der Waals surface area contributed by atoms with E-state index in [-0.39, 0.29) is 29.3 Å². The number of benzene rings is 2. The molecule has 1 aliphatic carbocycles. The maximum absolute atomic E-state index is 14.4. The van der Waals surface area contributed by atoms with Gasteiger partial charge in [-0.1, -0.05) is 31.5 Å². The lowest BCUT2D eigenvalue weighted by molar-refractivity contribution is -0.131. The van der Waals surface area contributed by atoms with E-state index in [1.807, 2.05) is 34.6 Å². The molecule has 2 aromatic carbocycles. The number of amides is 2. The van der Waals surface area contributed by atoms with Crippen LogP contribution in [0.15, 0.2) is 48.9 Å². The molecule has 44 heavy (non-hydrogen) atoms. The van der Waals surface area contributed by atoms with Crippen LogP contribution in [0.5, 0.6) is 0 Å². The smallest absolute Gasteiger partial charge is 0.242 e. The van der Waals surface area contributed by atoms with Crippen molar-refractivity contribution in [3.63, 3.8) is 0 Å². The van der Waals surface area contributed by atoms with Crippen LogP contribution >= 0.6 is 0 Å². The summed E-state index contributed by atoms with van der Waals surface area (Å²) in [6, 6.07) is 9.82. The number of hydrogen-bond acceptors (Lipinski definition) is 5. The van der Waals surface area contributed by atoms with E-state index in [2.05, 4.69) is 47.8 Å². The largest absolute Gasteiger partial charge is 0.338 e. The summed E-state index contributed by atoms with van der Waals surface area (Å²) >= 11 is 0. The van der Waals surface area contributed by atoms with E-state index in [0.29, 0.717) is 55.6 Å². The van der Waals surface area contributed by atoms with Gasteiger partial charge in [-0.2, -0.15) is 0 Å². The van der Waals surface area contributed by atoms with Crippen molar-refractivity contribution < 1.29 is 18.4 Å². The summed E-state index contributed by atoms with van der Waals surface area (Å²) in [5.41, 5.74) is 3.10. The van der Waals surface area contributed by atoms with Gasteiger partial charge in [0.2, 0.25) is 11.8 Å². The normalized spacial score (nSPS) is 19.2. The summed E-state index contributed by atoms with van der Waals surface area (Å²) in [6.07, 6.45) is 7.16. The van der Waals surface area contributed by atoms with Gasteiger partial charge in [0, 0.05) is 43.7 Å². The number of hydrogen-bond donors (Lipinski definition) is 3. The Kier molecular flexibility index (Phi) is 9.80. The molecule has 10 heteroatoms. The summed E-state index contributed by atoms with van der Waals surface area (Å²) in [4.78, 5) is 32.2. The average Bonchev–Trinajstić information content (AvgIpc) is 3.59. The van der Waals surface area contributed by atoms with Gasteiger partial charge in [-0.25, -0.2) is 13.8 Å². The minimum Gasteiger partial charge on any atom is -0.338 e. The molecule has 2 unspecified atom stereocenters. The molecular formula is C34H44F2N6O2. The Morgan fingerprint density at radius 1 is 1.16 bits per heavy atom. The average molecular weight is 607 g/mol. The lowest BCUT2D eigenvalue weighted by Crippen LogP contribution is -2.48. The Balaban J connectivity index is 1.18. The highest BCUT2D eigenvalue weighted by Gasteiger charge is 2.35. The Bertz CT molecular complexity index is 1480. The molecule has 0 bridgehead atoms. The molecule has 3 aromatic rings. The van der Waals surface area contributed by atoms with E-state index in [0.717, 1.165) is 36.8 Å². The van der Waals surface area contributed by atoms with Crippen LogP contribution in [0.1, 0.15) is 70.1 Å². The summed E-state index contributed by atoms with van der Waals surface area (Å²) < 4.78 is 30.0. The number of anilines is 1. The van der Waals surface area contributed by atoms with Crippen LogP contribution in [0.4, 0.5) is 14.6 Å². The number of likely N-dealkylation sites (tertiary alicyclic amines) is 1. The van der Waals surface area contributed by atoms with Crippen LogP contribution < -0.4 is 16.0 Å². The molecule has 1 saturated heterocycles. The van der Waals surface area contributed by atoms with Crippen molar-refractivity contribution in [3.8, 4) is 5.69 Å². The van der Waals surface area contributed by atoms with Crippen LogP contribution in [0, 0.1) is 17.6 Å². The van der Waals surface area contributed by atoms with Gasteiger partial charge in [0.25, 0.3) is 0 Å². The molecule has 2 aliphatic rings. The maximum atomic E-state index is 14.4. The zero-order chi connectivity index (χ0) is 31.4. The second-order valence-electron chi connectivity index (χ2n) is 13.1. The monoisotopic (exact) mass is 606 g/mol. The predicted molar refractivity (Wildman–Crippen MR) is 167 cm³/mol. The molecule has 3 N–H and O–H groups in total. The molecule has 236 valence electrons. The van der Waals surface area contributed by atoms with Crippen molar-refractivity contribution in [3.05, 3.63) is 77.2 Å². The Labute approximate surface area is 258 Å². The highest BCUT2D eigenvalue weighted by molar-refractivity contribution is 5.94. The zero-order valence-corrected chi connectivity index (χ0v) is 26.1. The number of aryl methyl sites for hydroxylation is 1. The first kappa shape index (κ1) is 31.8. The maximum Gasteiger partial charge on any atom is 0.242 e. The third kappa shape index (κ3) is 7.53. The molecule has 2 amide bonds. The summed E-state index contributed by atoms with van der Waals surface area (Å²) in [5.74, 6) is -0.327. The standard InChI is InChI=1S/C34H44F2N6O2/c1-5-8-29(39-26-12-11-23-14-25(35)15-28(36)27(23)16-26)33(44)40-31-20-41(21-38-31)30-10-7-6-9-24(30)18-37-17-22-13-32(43)42(19-22)34(2,3)4/h6-7,9-10,14-15,20-22,26,29,37,39H,5,8,11-13,16-19H2,1-4H3,(H,40,44)/t22?,26-,29?/m0/s1. The van der Waals surface area contributed by atoms with Crippen molar-refractivity contribution in [2.75, 3.05) is 18.4 Å². The Morgan fingerprint density at radius 2 is 1.95 bits per heavy atom. The molecule has 0 spiro atoms. The molecule has 1 aliphatic heterocycles. The number of halogens is 2. The summed E-state index contributed by atoms with van der Waals surface area (Å²) in [6.45, 7) is 10.4. The van der Waals surface area contributed by atoms with Crippen molar-refractivity contribution in [1.82, 2.24) is 25.1 Å². The highest BCUT2D eigenvalue weighted by atomic mass is 19.1. The van der Waals surface area contributed by atoms with Gasteiger partial charge >= 0.3 is 0 Å². The predicted octanol–water partition coefficient (Wildman–Crippen LogP) is 5.14. The highest BCUT2D eigenvalue weighted by Crippen LogP contribution is 2.27. The quantitative estimate of drug-likeness (QED) is 0.281. The number of imidazole rings is 1. The summed E-state index contributed by atoms with van der Waals surface area (Å²) in [7, 11) is 0. The van der Waals surface area contributed by atoms with Gasteiger partial charge in [0.1, 0.15) is 18.0 Å². The van der Waals surface area contributed by atoms with E-state index in [4.69, 9.17) is 0 Å². The first-order valence-corrected chi connectivity index (χ1v) is 15.7. The van der Waals surface area contributed by atoms with Crippen molar-refractivity contribution in [1.29, 1.82) is 0 Å². The molecule has 3 atom stereocenters.